The molecular weight excluding hydrogens is 337 g/mol. The van der Waals surface area contributed by atoms with E-state index in [0.717, 1.165) is 17.0 Å². The molecule has 0 saturated carbocycles. The topological polar surface area (TPSA) is 0 Å². The molecule has 0 fully saturated rings. The van der Waals surface area contributed by atoms with Crippen LogP contribution in [0.25, 0.3) is 0 Å². The molecule has 2 rings (SSSR count). The third kappa shape index (κ3) is 2.67. The van der Waals surface area contributed by atoms with Gasteiger partial charge in [-0.1, -0.05) is 27.5 Å². The first kappa shape index (κ1) is 12.9. The summed E-state index contributed by atoms with van der Waals surface area (Å²) in [5.74, 6) is -3.86. The van der Waals surface area contributed by atoms with Crippen molar-refractivity contribution < 1.29 is 13.2 Å². The monoisotopic (exact) mass is 340 g/mol. The third-order valence-electron chi connectivity index (χ3n) is 2.14. The normalized spacial score (nSPS) is 12.8. The highest BCUT2D eigenvalue weighted by atomic mass is 79.9. The SMILES string of the molecule is Fc1cc(C(Br)c2ccc(Cl)s2)cc(F)c1F. The summed E-state index contributed by atoms with van der Waals surface area (Å²) in [6.07, 6.45) is 0. The van der Waals surface area contributed by atoms with Crippen molar-refractivity contribution in [3.63, 3.8) is 0 Å². The fourth-order valence-corrected chi connectivity index (χ4v) is 3.11. The van der Waals surface area contributed by atoms with Crippen LogP contribution in [0.1, 0.15) is 15.3 Å². The molecule has 0 spiro atoms. The number of benzene rings is 1. The summed E-state index contributed by atoms with van der Waals surface area (Å²) in [7, 11) is 0. The molecule has 0 radical (unpaired) electrons. The fraction of sp³-hybridized carbons (Fsp3) is 0.0909. The van der Waals surface area contributed by atoms with Gasteiger partial charge in [0.1, 0.15) is 0 Å². The molecule has 0 bridgehead atoms. The van der Waals surface area contributed by atoms with E-state index >= 15 is 0 Å². The lowest BCUT2D eigenvalue weighted by Gasteiger charge is -2.08. The van der Waals surface area contributed by atoms with Gasteiger partial charge in [-0.2, -0.15) is 0 Å². The number of hydrogen-bond acceptors (Lipinski definition) is 1. The Morgan fingerprint density at radius 1 is 1.12 bits per heavy atom. The van der Waals surface area contributed by atoms with E-state index in [9.17, 15) is 13.2 Å². The summed E-state index contributed by atoms with van der Waals surface area (Å²) in [6, 6.07) is 5.36. The van der Waals surface area contributed by atoms with Crippen LogP contribution in [0.2, 0.25) is 4.34 Å². The molecule has 0 aliphatic rings. The molecule has 17 heavy (non-hydrogen) atoms. The third-order valence-corrected chi connectivity index (χ3v) is 4.76. The van der Waals surface area contributed by atoms with Gasteiger partial charge >= 0.3 is 0 Å². The van der Waals surface area contributed by atoms with Gasteiger partial charge in [0.05, 0.1) is 9.16 Å². The molecule has 1 aromatic heterocycles. The fourth-order valence-electron chi connectivity index (χ4n) is 1.35. The average molecular weight is 342 g/mol. The van der Waals surface area contributed by atoms with E-state index in [1.165, 1.54) is 11.3 Å². The highest BCUT2D eigenvalue weighted by Gasteiger charge is 2.18. The maximum Gasteiger partial charge on any atom is 0.194 e. The van der Waals surface area contributed by atoms with E-state index in [4.69, 9.17) is 11.6 Å². The number of rotatable bonds is 2. The molecule has 0 saturated heterocycles. The van der Waals surface area contributed by atoms with Crippen LogP contribution >= 0.6 is 38.9 Å². The molecule has 0 amide bonds. The molecule has 6 heteroatoms. The molecule has 1 aromatic carbocycles. The van der Waals surface area contributed by atoms with Gasteiger partial charge in [-0.05, 0) is 29.8 Å². The van der Waals surface area contributed by atoms with Gasteiger partial charge < -0.3 is 0 Å². The summed E-state index contributed by atoms with van der Waals surface area (Å²) in [5.41, 5.74) is 0.305. The minimum absolute atomic E-state index is 0.305. The molecular formula is C11H5BrClF3S. The molecule has 0 aliphatic heterocycles. The zero-order valence-corrected chi connectivity index (χ0v) is 11.3. The van der Waals surface area contributed by atoms with E-state index in [0.29, 0.717) is 9.90 Å². The quantitative estimate of drug-likeness (QED) is 0.513. The van der Waals surface area contributed by atoms with Crippen LogP contribution in [-0.4, -0.2) is 0 Å². The molecule has 1 unspecified atom stereocenters. The van der Waals surface area contributed by atoms with Crippen molar-refractivity contribution >= 4 is 38.9 Å². The average Bonchev–Trinajstić information content (AvgIpc) is 2.71. The first-order valence-corrected chi connectivity index (χ1v) is 6.64. The standard InChI is InChI=1S/C11H5BrClF3S/c12-10(8-1-2-9(13)17-8)5-3-6(14)11(16)7(15)4-5/h1-4,10H. The predicted molar refractivity (Wildman–Crippen MR) is 66.4 cm³/mol. The van der Waals surface area contributed by atoms with E-state index in [1.54, 1.807) is 12.1 Å². The van der Waals surface area contributed by atoms with Gasteiger partial charge in [0.2, 0.25) is 0 Å². The van der Waals surface area contributed by atoms with E-state index in [2.05, 4.69) is 15.9 Å². The number of halogens is 5. The smallest absolute Gasteiger partial charge is 0.194 e. The zero-order valence-electron chi connectivity index (χ0n) is 8.18. The van der Waals surface area contributed by atoms with Crippen LogP contribution < -0.4 is 0 Å². The Hall–Kier alpha value is -0.520. The highest BCUT2D eigenvalue weighted by Crippen LogP contribution is 2.37. The van der Waals surface area contributed by atoms with Gasteiger partial charge in [-0.15, -0.1) is 11.3 Å². The number of thiophene rings is 1. The Labute approximate surface area is 113 Å². The van der Waals surface area contributed by atoms with Crippen molar-refractivity contribution in [1.29, 1.82) is 0 Å². The van der Waals surface area contributed by atoms with Crippen molar-refractivity contribution in [1.82, 2.24) is 0 Å². The molecule has 90 valence electrons. The maximum atomic E-state index is 13.1. The summed E-state index contributed by atoms with van der Waals surface area (Å²) < 4.78 is 39.5. The molecule has 0 nitrogen and oxygen atoms in total. The lowest BCUT2D eigenvalue weighted by atomic mass is 10.1. The minimum atomic E-state index is -1.46. The maximum absolute atomic E-state index is 13.1. The van der Waals surface area contributed by atoms with Crippen LogP contribution in [-0.2, 0) is 0 Å². The molecule has 1 heterocycles. The Balaban J connectivity index is 2.41. The van der Waals surface area contributed by atoms with Gasteiger partial charge in [-0.3, -0.25) is 0 Å². The molecule has 0 aliphatic carbocycles. The number of hydrogen-bond donors (Lipinski definition) is 0. The second-order valence-electron chi connectivity index (χ2n) is 3.30. The first-order chi connectivity index (χ1) is 7.99. The summed E-state index contributed by atoms with van der Waals surface area (Å²) in [5, 5.41) is 0. The van der Waals surface area contributed by atoms with Crippen molar-refractivity contribution in [2.75, 3.05) is 0 Å². The Morgan fingerprint density at radius 2 is 1.71 bits per heavy atom. The van der Waals surface area contributed by atoms with Gasteiger partial charge in [0.15, 0.2) is 17.5 Å². The Kier molecular flexibility index (Phi) is 3.80. The Morgan fingerprint density at radius 3 is 2.18 bits per heavy atom. The van der Waals surface area contributed by atoms with Crippen LogP contribution in [0.15, 0.2) is 24.3 Å². The van der Waals surface area contributed by atoms with E-state index in [1.807, 2.05) is 0 Å². The van der Waals surface area contributed by atoms with Crippen LogP contribution in [0.4, 0.5) is 13.2 Å². The first-order valence-electron chi connectivity index (χ1n) is 4.53. The van der Waals surface area contributed by atoms with Crippen LogP contribution in [0, 0.1) is 17.5 Å². The van der Waals surface area contributed by atoms with E-state index in [-0.39, 0.29) is 0 Å². The zero-order chi connectivity index (χ0) is 12.6. The Bertz CT molecular complexity index is 532. The summed E-state index contributed by atoms with van der Waals surface area (Å²) in [4.78, 5) is 0.380. The van der Waals surface area contributed by atoms with Crippen molar-refractivity contribution in [3.05, 3.63) is 56.5 Å². The second-order valence-corrected chi connectivity index (χ2v) is 5.97. The van der Waals surface area contributed by atoms with E-state index < -0.39 is 22.3 Å². The highest BCUT2D eigenvalue weighted by molar-refractivity contribution is 9.09. The largest absolute Gasteiger partial charge is 0.204 e. The lowest BCUT2D eigenvalue weighted by molar-refractivity contribution is 0.445. The number of alkyl halides is 1. The van der Waals surface area contributed by atoms with Crippen molar-refractivity contribution in [2.24, 2.45) is 0 Å². The summed E-state index contributed by atoms with van der Waals surface area (Å²) in [6.45, 7) is 0. The molecule has 2 aromatic rings. The van der Waals surface area contributed by atoms with Gasteiger partial charge in [-0.25, -0.2) is 13.2 Å². The van der Waals surface area contributed by atoms with Crippen molar-refractivity contribution in [2.45, 2.75) is 4.83 Å². The molecule has 0 N–H and O–H groups in total. The van der Waals surface area contributed by atoms with Crippen molar-refractivity contribution in [3.8, 4) is 0 Å². The summed E-state index contributed by atoms with van der Waals surface area (Å²) >= 11 is 10.4. The molecule has 1 atom stereocenters. The van der Waals surface area contributed by atoms with Gasteiger partial charge in [0.25, 0.3) is 0 Å². The lowest BCUT2D eigenvalue weighted by Crippen LogP contribution is -1.97. The van der Waals surface area contributed by atoms with Crippen LogP contribution in [0.3, 0.4) is 0 Å². The second kappa shape index (κ2) is 5.00. The van der Waals surface area contributed by atoms with Crippen LogP contribution in [0.5, 0.6) is 0 Å². The predicted octanol–water partition coefficient (Wildman–Crippen LogP) is 5.30. The minimum Gasteiger partial charge on any atom is -0.204 e. The van der Waals surface area contributed by atoms with Gasteiger partial charge in [0, 0.05) is 4.88 Å².